The number of rotatable bonds is 6. The van der Waals surface area contributed by atoms with E-state index in [1.165, 1.54) is 29.0 Å². The van der Waals surface area contributed by atoms with Crippen molar-refractivity contribution in [1.29, 1.82) is 5.26 Å². The van der Waals surface area contributed by atoms with E-state index < -0.39 is 0 Å². The Kier molecular flexibility index (Phi) is 5.34. The van der Waals surface area contributed by atoms with Crippen LogP contribution in [-0.2, 0) is 6.54 Å². The highest BCUT2D eigenvalue weighted by atomic mass is 16.1. The Morgan fingerprint density at radius 2 is 1.75 bits per heavy atom. The van der Waals surface area contributed by atoms with E-state index in [1.54, 1.807) is 4.90 Å². The normalized spacial score (nSPS) is 22.0. The fraction of sp³-hybridized carbons (Fsp3) is 0.478. The molecule has 0 unspecified atom stereocenters. The van der Waals surface area contributed by atoms with Crippen LogP contribution in [0.3, 0.4) is 0 Å². The Hall–Kier alpha value is -2.42. The molecule has 1 aromatic heterocycles. The molecule has 0 atom stereocenters. The number of nitriles is 1. The van der Waals surface area contributed by atoms with Crippen LogP contribution in [0.5, 0.6) is 0 Å². The molecular formula is C23H30N4O+2. The number of quaternary nitrogens is 2. The van der Waals surface area contributed by atoms with E-state index in [0.29, 0.717) is 23.9 Å². The Labute approximate surface area is 167 Å². The number of aromatic nitrogens is 1. The minimum Gasteiger partial charge on any atom is -0.345 e. The van der Waals surface area contributed by atoms with E-state index in [4.69, 9.17) is 5.26 Å². The van der Waals surface area contributed by atoms with Gasteiger partial charge in [-0.15, -0.1) is 0 Å². The highest BCUT2D eigenvalue weighted by Crippen LogP contribution is 2.38. The number of hydrogen-bond donors (Lipinski definition) is 2. The number of nitrogens with zero attached hydrogens (tertiary/aromatic N) is 2. The predicted molar refractivity (Wildman–Crippen MR) is 108 cm³/mol. The smallest absolute Gasteiger partial charge is 0.218 e. The number of carbonyl (C=O) groups excluding carboxylic acids is 1. The molecule has 146 valence electrons. The second-order valence-corrected chi connectivity index (χ2v) is 8.47. The third-order valence-corrected chi connectivity index (χ3v) is 6.31. The van der Waals surface area contributed by atoms with E-state index in [-0.39, 0.29) is 0 Å². The molecule has 1 saturated heterocycles. The summed E-state index contributed by atoms with van der Waals surface area (Å²) in [6, 6.07) is 12.8. The van der Waals surface area contributed by atoms with Gasteiger partial charge in [-0.05, 0) is 44.9 Å². The third-order valence-electron chi connectivity index (χ3n) is 6.31. The number of piperazine rings is 1. The van der Waals surface area contributed by atoms with Gasteiger partial charge in [0.1, 0.15) is 39.3 Å². The quantitative estimate of drug-likeness (QED) is 0.719. The monoisotopic (exact) mass is 378 g/mol. The number of benzene rings is 1. The molecule has 2 fully saturated rings. The van der Waals surface area contributed by atoms with Crippen LogP contribution in [0.2, 0.25) is 0 Å². The molecule has 5 heteroatoms. The van der Waals surface area contributed by atoms with Gasteiger partial charge in [0.05, 0.1) is 11.6 Å². The minimum atomic E-state index is 0.297. The number of aryl methyl sites for hydroxylation is 1. The van der Waals surface area contributed by atoms with E-state index in [1.807, 2.05) is 12.1 Å². The minimum absolute atomic E-state index is 0.297. The maximum atomic E-state index is 12.9. The molecule has 28 heavy (non-hydrogen) atoms. The lowest BCUT2D eigenvalue weighted by atomic mass is 10.1. The zero-order valence-corrected chi connectivity index (χ0v) is 16.9. The highest BCUT2D eigenvalue weighted by Gasteiger charge is 2.30. The summed E-state index contributed by atoms with van der Waals surface area (Å²) < 4.78 is 2.36. The Morgan fingerprint density at radius 1 is 1.11 bits per heavy atom. The average molecular weight is 379 g/mol. The van der Waals surface area contributed by atoms with Gasteiger partial charge in [0, 0.05) is 28.6 Å². The van der Waals surface area contributed by atoms with Crippen LogP contribution < -0.4 is 9.80 Å². The maximum absolute atomic E-state index is 12.9. The summed E-state index contributed by atoms with van der Waals surface area (Å²) in [4.78, 5) is 15.9. The second kappa shape index (κ2) is 7.90. The molecule has 1 aromatic carbocycles. The molecule has 1 aliphatic heterocycles. The lowest BCUT2D eigenvalue weighted by Crippen LogP contribution is -3.27. The van der Waals surface area contributed by atoms with E-state index in [0.717, 1.165) is 44.0 Å². The van der Waals surface area contributed by atoms with Crippen molar-refractivity contribution in [2.45, 2.75) is 39.3 Å². The summed E-state index contributed by atoms with van der Waals surface area (Å²) in [6.07, 6.45) is 2.50. The fourth-order valence-electron chi connectivity index (χ4n) is 4.57. The van der Waals surface area contributed by atoms with Crippen LogP contribution in [0, 0.1) is 25.2 Å². The molecule has 5 nitrogen and oxygen atoms in total. The summed E-state index contributed by atoms with van der Waals surface area (Å²) in [5, 5.41) is 8.91. The zero-order valence-electron chi connectivity index (χ0n) is 16.9. The first-order chi connectivity index (χ1) is 13.5. The Bertz CT molecular complexity index is 894. The van der Waals surface area contributed by atoms with Gasteiger partial charge in [0.15, 0.2) is 0 Å². The van der Waals surface area contributed by atoms with E-state index in [9.17, 15) is 4.79 Å². The van der Waals surface area contributed by atoms with Gasteiger partial charge in [0.2, 0.25) is 5.78 Å². The number of Topliss-reactive ketones (excluding diaryl/α,β-unsaturated/α-hetero) is 1. The third kappa shape index (κ3) is 4.04. The van der Waals surface area contributed by atoms with Gasteiger partial charge in [-0.1, -0.05) is 12.1 Å². The predicted octanol–water partition coefficient (Wildman–Crippen LogP) is 0.478. The lowest BCUT2D eigenvalue weighted by molar-refractivity contribution is -1.01. The molecule has 0 amide bonds. The lowest BCUT2D eigenvalue weighted by Gasteiger charge is -2.29. The first kappa shape index (κ1) is 18.9. The van der Waals surface area contributed by atoms with E-state index >= 15 is 0 Å². The topological polar surface area (TPSA) is 54.7 Å². The Balaban J connectivity index is 1.30. The number of nitrogens with one attached hydrogen (secondary N) is 2. The van der Waals surface area contributed by atoms with Crippen molar-refractivity contribution in [1.82, 2.24) is 4.57 Å². The van der Waals surface area contributed by atoms with Gasteiger partial charge < -0.3 is 14.4 Å². The maximum Gasteiger partial charge on any atom is 0.218 e. The SMILES string of the molecule is Cc1cc(C(=O)C[NH+]2CC[NH+](Cc3ccc(C#N)cc3)CC2)c(C)n1C1CC1. The second-order valence-electron chi connectivity index (χ2n) is 8.47. The largest absolute Gasteiger partial charge is 0.345 e. The summed E-state index contributed by atoms with van der Waals surface area (Å²) in [7, 11) is 0. The standard InChI is InChI=1S/C23H28N4O/c1-17-13-22(18(2)27(17)21-7-8-21)23(28)16-26-11-9-25(10-12-26)15-20-5-3-19(14-24)4-6-20/h3-6,13,21H,7-12,15-16H2,1-2H3/p+2. The summed E-state index contributed by atoms with van der Waals surface area (Å²) in [5.41, 5.74) is 5.32. The van der Waals surface area contributed by atoms with Crippen molar-refractivity contribution in [3.63, 3.8) is 0 Å². The number of ketones is 1. The molecule has 2 heterocycles. The molecule has 0 radical (unpaired) electrons. The van der Waals surface area contributed by atoms with Gasteiger partial charge in [0.25, 0.3) is 0 Å². The van der Waals surface area contributed by atoms with Gasteiger partial charge in [-0.25, -0.2) is 0 Å². The molecular weight excluding hydrogens is 348 g/mol. The van der Waals surface area contributed by atoms with Gasteiger partial charge in [-0.3, -0.25) is 4.79 Å². The molecule has 4 rings (SSSR count). The van der Waals surface area contributed by atoms with Gasteiger partial charge in [-0.2, -0.15) is 5.26 Å². The van der Waals surface area contributed by atoms with Crippen LogP contribution in [0.1, 0.15) is 51.8 Å². The Morgan fingerprint density at radius 3 is 2.36 bits per heavy atom. The van der Waals surface area contributed by atoms with Crippen molar-refractivity contribution in [3.05, 3.63) is 58.4 Å². The van der Waals surface area contributed by atoms with Crippen LogP contribution in [0.25, 0.3) is 0 Å². The van der Waals surface area contributed by atoms with Crippen molar-refractivity contribution in [3.8, 4) is 6.07 Å². The summed E-state index contributed by atoms with van der Waals surface area (Å²) in [5.74, 6) is 0.297. The number of carbonyl (C=O) groups is 1. The summed E-state index contributed by atoms with van der Waals surface area (Å²) in [6.45, 7) is 10.1. The van der Waals surface area contributed by atoms with Crippen LogP contribution in [-0.4, -0.2) is 43.1 Å². The van der Waals surface area contributed by atoms with Gasteiger partial charge >= 0.3 is 0 Å². The molecule has 0 bridgehead atoms. The van der Waals surface area contributed by atoms with Crippen LogP contribution in [0.4, 0.5) is 0 Å². The molecule has 1 aliphatic carbocycles. The molecule has 2 N–H and O–H groups in total. The fourth-order valence-corrected chi connectivity index (χ4v) is 4.57. The van der Waals surface area contributed by atoms with E-state index in [2.05, 4.69) is 42.7 Å². The van der Waals surface area contributed by atoms with Crippen LogP contribution in [0.15, 0.2) is 30.3 Å². The molecule has 0 spiro atoms. The molecule has 1 saturated carbocycles. The average Bonchev–Trinajstić information content (AvgIpc) is 3.48. The van der Waals surface area contributed by atoms with Crippen molar-refractivity contribution in [2.75, 3.05) is 32.7 Å². The summed E-state index contributed by atoms with van der Waals surface area (Å²) >= 11 is 0. The van der Waals surface area contributed by atoms with Crippen molar-refractivity contribution >= 4 is 5.78 Å². The van der Waals surface area contributed by atoms with Crippen LogP contribution >= 0.6 is 0 Å². The number of hydrogen-bond acceptors (Lipinski definition) is 2. The first-order valence-electron chi connectivity index (χ1n) is 10.4. The first-order valence-corrected chi connectivity index (χ1v) is 10.4. The molecule has 2 aromatic rings. The van der Waals surface area contributed by atoms with Crippen molar-refractivity contribution in [2.24, 2.45) is 0 Å². The molecule has 2 aliphatic rings. The zero-order chi connectivity index (χ0) is 19.7. The van der Waals surface area contributed by atoms with Crippen molar-refractivity contribution < 1.29 is 14.6 Å². The highest BCUT2D eigenvalue weighted by molar-refractivity contribution is 5.98.